The van der Waals surface area contributed by atoms with Gasteiger partial charge in [0, 0.05) is 19.5 Å². The van der Waals surface area contributed by atoms with Gasteiger partial charge in [-0.1, -0.05) is 6.42 Å². The number of hydrogen-bond donors (Lipinski definition) is 3. The Hall–Kier alpha value is -1.79. The molecule has 0 aromatic carbocycles. The van der Waals surface area contributed by atoms with Crippen molar-refractivity contribution in [1.82, 2.24) is 15.3 Å². The molecule has 2 fully saturated rings. The molecule has 3 rings (SSSR count). The molecule has 0 unspecified atom stereocenters. The van der Waals surface area contributed by atoms with Gasteiger partial charge in [-0.3, -0.25) is 0 Å². The Bertz CT molecular complexity index is 618. The van der Waals surface area contributed by atoms with E-state index in [1.807, 2.05) is 19.2 Å². The van der Waals surface area contributed by atoms with E-state index in [0.29, 0.717) is 24.3 Å². The van der Waals surface area contributed by atoms with Gasteiger partial charge in [0.15, 0.2) is 0 Å². The molecule has 25 heavy (non-hydrogen) atoms. The van der Waals surface area contributed by atoms with Gasteiger partial charge in [-0.15, -0.1) is 0 Å². The van der Waals surface area contributed by atoms with Gasteiger partial charge in [0.05, 0.1) is 28.9 Å². The summed E-state index contributed by atoms with van der Waals surface area (Å²) in [5.74, 6) is 7.38. The Morgan fingerprint density at radius 2 is 1.96 bits per heavy atom. The summed E-state index contributed by atoms with van der Waals surface area (Å²) >= 11 is 0. The van der Waals surface area contributed by atoms with Crippen LogP contribution in [0.5, 0.6) is 5.75 Å². The van der Waals surface area contributed by atoms with Crippen LogP contribution in [0.3, 0.4) is 0 Å². The zero-order valence-corrected chi connectivity index (χ0v) is 15.4. The standard InChI is InChI=1S/C19H31N5O/c1-22-12-16(24(2)21)18(20)15-10-11-17(19(23-15)13-8-9-13)25-14-6-4-3-5-7-14/h10-11,13-14,22H,3-9,12,20-21H2,1-2H3/b18-16-. The summed E-state index contributed by atoms with van der Waals surface area (Å²) in [4.78, 5) is 4.87. The summed E-state index contributed by atoms with van der Waals surface area (Å²) in [6.45, 7) is 0.597. The van der Waals surface area contributed by atoms with Crippen molar-refractivity contribution in [3.63, 3.8) is 0 Å². The van der Waals surface area contributed by atoms with E-state index in [0.717, 1.165) is 35.7 Å². The molecular weight excluding hydrogens is 314 g/mol. The van der Waals surface area contributed by atoms with Crippen LogP contribution in [0.4, 0.5) is 0 Å². The second-order valence-corrected chi connectivity index (χ2v) is 7.23. The van der Waals surface area contributed by atoms with Crippen LogP contribution in [0.15, 0.2) is 17.8 Å². The SMILES string of the molecule is CNC/C(=C(/N)c1ccc(OC2CCCCC2)c(C2CC2)n1)N(C)N. The van der Waals surface area contributed by atoms with E-state index in [9.17, 15) is 0 Å². The van der Waals surface area contributed by atoms with Crippen molar-refractivity contribution in [1.29, 1.82) is 0 Å². The van der Waals surface area contributed by atoms with E-state index >= 15 is 0 Å². The zero-order chi connectivity index (χ0) is 17.8. The van der Waals surface area contributed by atoms with Gasteiger partial charge in [0.25, 0.3) is 0 Å². The smallest absolute Gasteiger partial charge is 0.141 e. The first kappa shape index (κ1) is 18.0. The number of hydrazine groups is 1. The van der Waals surface area contributed by atoms with Crippen LogP contribution in [0.1, 0.15) is 62.3 Å². The molecule has 1 aromatic rings. The fourth-order valence-electron chi connectivity index (χ4n) is 3.45. The Balaban J connectivity index is 1.87. The molecule has 138 valence electrons. The average Bonchev–Trinajstić information content (AvgIpc) is 3.45. The number of pyridine rings is 1. The number of aromatic nitrogens is 1. The lowest BCUT2D eigenvalue weighted by Gasteiger charge is -2.24. The Labute approximate surface area is 150 Å². The molecule has 0 spiro atoms. The molecule has 0 radical (unpaired) electrons. The number of nitrogens with two attached hydrogens (primary N) is 2. The topological polar surface area (TPSA) is 89.4 Å². The second-order valence-electron chi connectivity index (χ2n) is 7.23. The van der Waals surface area contributed by atoms with E-state index < -0.39 is 0 Å². The third-order valence-corrected chi connectivity index (χ3v) is 5.05. The number of nitrogens with zero attached hydrogens (tertiary/aromatic N) is 2. The second kappa shape index (κ2) is 8.06. The fourth-order valence-corrected chi connectivity index (χ4v) is 3.45. The van der Waals surface area contributed by atoms with Gasteiger partial charge >= 0.3 is 0 Å². The first-order valence-corrected chi connectivity index (χ1v) is 9.39. The molecule has 0 saturated heterocycles. The quantitative estimate of drug-likeness (QED) is 0.519. The molecular formula is C19H31N5O. The van der Waals surface area contributed by atoms with Crippen molar-refractivity contribution in [3.8, 4) is 5.75 Å². The van der Waals surface area contributed by atoms with E-state index in [4.69, 9.17) is 21.3 Å². The van der Waals surface area contributed by atoms with Crippen molar-refractivity contribution < 1.29 is 4.74 Å². The van der Waals surface area contributed by atoms with Crippen LogP contribution >= 0.6 is 0 Å². The average molecular weight is 345 g/mol. The molecule has 2 aliphatic rings. The molecule has 6 heteroatoms. The zero-order valence-electron chi connectivity index (χ0n) is 15.4. The van der Waals surface area contributed by atoms with Crippen molar-refractivity contribution in [2.75, 3.05) is 20.6 Å². The lowest BCUT2D eigenvalue weighted by atomic mass is 9.98. The molecule has 0 aliphatic heterocycles. The summed E-state index contributed by atoms with van der Waals surface area (Å²) < 4.78 is 6.31. The van der Waals surface area contributed by atoms with Crippen LogP contribution in [-0.4, -0.2) is 36.7 Å². The number of rotatable bonds is 7. The molecule has 1 aromatic heterocycles. The number of nitrogens with one attached hydrogen (secondary N) is 1. The number of hydrogen-bond acceptors (Lipinski definition) is 6. The van der Waals surface area contributed by atoms with Gasteiger partial charge in [-0.25, -0.2) is 10.8 Å². The maximum Gasteiger partial charge on any atom is 0.141 e. The first-order valence-electron chi connectivity index (χ1n) is 9.39. The molecule has 2 saturated carbocycles. The molecule has 0 amide bonds. The molecule has 2 aliphatic carbocycles. The van der Waals surface area contributed by atoms with Gasteiger partial charge in [0.1, 0.15) is 5.75 Å². The molecule has 5 N–H and O–H groups in total. The predicted octanol–water partition coefficient (Wildman–Crippen LogP) is 2.32. The lowest BCUT2D eigenvalue weighted by molar-refractivity contribution is 0.153. The maximum atomic E-state index is 6.36. The van der Waals surface area contributed by atoms with Crippen molar-refractivity contribution in [3.05, 3.63) is 29.2 Å². The van der Waals surface area contributed by atoms with Crippen LogP contribution < -0.4 is 21.6 Å². The largest absolute Gasteiger partial charge is 0.489 e. The summed E-state index contributed by atoms with van der Waals surface area (Å²) in [5, 5.41) is 4.66. The summed E-state index contributed by atoms with van der Waals surface area (Å²) in [5.41, 5.74) is 9.65. The Morgan fingerprint density at radius 1 is 1.24 bits per heavy atom. The monoisotopic (exact) mass is 345 g/mol. The maximum absolute atomic E-state index is 6.36. The summed E-state index contributed by atoms with van der Waals surface area (Å²) in [6.07, 6.45) is 8.86. The fraction of sp³-hybridized carbons (Fsp3) is 0.632. The highest BCUT2D eigenvalue weighted by molar-refractivity contribution is 5.63. The van der Waals surface area contributed by atoms with Crippen LogP contribution in [0, 0.1) is 0 Å². The molecule has 1 heterocycles. The van der Waals surface area contributed by atoms with Crippen molar-refractivity contribution >= 4 is 5.70 Å². The molecule has 6 nitrogen and oxygen atoms in total. The number of likely N-dealkylation sites (N-methyl/N-ethyl adjacent to an activating group) is 2. The van der Waals surface area contributed by atoms with Gasteiger partial charge in [-0.05, 0) is 57.7 Å². The minimum atomic E-state index is 0.335. The Morgan fingerprint density at radius 3 is 2.56 bits per heavy atom. The van der Waals surface area contributed by atoms with Crippen LogP contribution in [-0.2, 0) is 0 Å². The first-order chi connectivity index (χ1) is 12.1. The predicted molar refractivity (Wildman–Crippen MR) is 101 cm³/mol. The Kier molecular flexibility index (Phi) is 5.81. The van der Waals surface area contributed by atoms with Gasteiger partial charge in [0.2, 0.25) is 0 Å². The minimum Gasteiger partial charge on any atom is -0.489 e. The van der Waals surface area contributed by atoms with Crippen molar-refractivity contribution in [2.45, 2.75) is 57.0 Å². The lowest BCUT2D eigenvalue weighted by Crippen LogP contribution is -2.33. The van der Waals surface area contributed by atoms with E-state index in [-0.39, 0.29) is 0 Å². The van der Waals surface area contributed by atoms with E-state index in [1.165, 1.54) is 32.1 Å². The van der Waals surface area contributed by atoms with Gasteiger partial charge < -0.3 is 20.8 Å². The highest BCUT2D eigenvalue weighted by atomic mass is 16.5. The van der Waals surface area contributed by atoms with E-state index in [1.54, 1.807) is 12.1 Å². The van der Waals surface area contributed by atoms with Crippen LogP contribution in [0.25, 0.3) is 5.70 Å². The normalized spacial score (nSPS) is 19.5. The minimum absolute atomic E-state index is 0.335. The summed E-state index contributed by atoms with van der Waals surface area (Å²) in [7, 11) is 3.67. The van der Waals surface area contributed by atoms with E-state index in [2.05, 4.69) is 5.32 Å². The number of ether oxygens (including phenoxy) is 1. The molecule has 0 bridgehead atoms. The molecule has 0 atom stereocenters. The van der Waals surface area contributed by atoms with Gasteiger partial charge in [-0.2, -0.15) is 0 Å². The van der Waals surface area contributed by atoms with Crippen molar-refractivity contribution in [2.24, 2.45) is 11.6 Å². The highest BCUT2D eigenvalue weighted by Gasteiger charge is 2.30. The summed E-state index contributed by atoms with van der Waals surface area (Å²) in [6, 6.07) is 4.00. The third-order valence-electron chi connectivity index (χ3n) is 5.05. The third kappa shape index (κ3) is 4.44. The van der Waals surface area contributed by atoms with Crippen LogP contribution in [0.2, 0.25) is 0 Å². The highest BCUT2D eigenvalue weighted by Crippen LogP contribution is 2.44.